The zero-order chi connectivity index (χ0) is 22.9. The minimum Gasteiger partial charge on any atom is -0.137 e. The van der Waals surface area contributed by atoms with E-state index in [4.69, 9.17) is 0 Å². The number of benzene rings is 4. The molecule has 3 heteroatoms. The van der Waals surface area contributed by atoms with E-state index in [9.17, 15) is 0 Å². The van der Waals surface area contributed by atoms with E-state index in [-0.39, 0.29) is 10.5 Å². The molecule has 0 aliphatic rings. The van der Waals surface area contributed by atoms with Crippen LogP contribution in [0.1, 0.15) is 32.8 Å². The first kappa shape index (κ1) is 23.8. The third-order valence-electron chi connectivity index (χ3n) is 5.22. The summed E-state index contributed by atoms with van der Waals surface area (Å²) in [6.07, 6.45) is 9.06. The molecule has 0 bridgehead atoms. The van der Waals surface area contributed by atoms with Gasteiger partial charge in [0.25, 0.3) is 0 Å². The lowest BCUT2D eigenvalue weighted by atomic mass is 10.1. The van der Waals surface area contributed by atoms with Crippen molar-refractivity contribution in [3.8, 4) is 0 Å². The van der Waals surface area contributed by atoms with Crippen LogP contribution in [0, 0.1) is 0 Å². The lowest BCUT2D eigenvalue weighted by Gasteiger charge is -2.20. The summed E-state index contributed by atoms with van der Waals surface area (Å²) < 4.78 is 2.19. The van der Waals surface area contributed by atoms with E-state index in [2.05, 4.69) is 165 Å². The molecule has 0 saturated heterocycles. The molecule has 0 radical (unpaired) electrons. The van der Waals surface area contributed by atoms with Crippen molar-refractivity contribution in [1.82, 2.24) is 0 Å². The summed E-state index contributed by atoms with van der Waals surface area (Å²) in [4.78, 5) is 0. The second-order valence-corrected chi connectivity index (χ2v) is 10.7. The van der Waals surface area contributed by atoms with Gasteiger partial charge in [-0.05, 0) is 46.5 Å². The Balaban J connectivity index is 1.64. The predicted octanol–water partition coefficient (Wildman–Crippen LogP) is 10.2. The summed E-state index contributed by atoms with van der Waals surface area (Å²) in [5.41, 5.74) is 4.99. The van der Waals surface area contributed by atoms with Crippen molar-refractivity contribution in [2.45, 2.75) is 10.5 Å². The van der Waals surface area contributed by atoms with Crippen LogP contribution in [0.3, 0.4) is 0 Å². The van der Waals surface area contributed by atoms with Crippen LogP contribution in [0.5, 0.6) is 0 Å². The maximum atomic E-state index is 3.52. The molecule has 33 heavy (non-hydrogen) atoms. The molecule has 0 nitrogen and oxygen atoms in total. The highest BCUT2D eigenvalue weighted by Crippen LogP contribution is 2.43. The molecule has 0 spiro atoms. The smallest absolute Gasteiger partial charge is 0.0489 e. The Morgan fingerprint density at radius 3 is 1.21 bits per heavy atom. The predicted molar refractivity (Wildman–Crippen MR) is 152 cm³/mol. The van der Waals surface area contributed by atoms with Crippen molar-refractivity contribution in [1.29, 1.82) is 0 Å². The van der Waals surface area contributed by atoms with E-state index in [1.54, 1.807) is 0 Å². The Bertz CT molecular complexity index is 1080. The highest BCUT2D eigenvalue weighted by atomic mass is 79.9. The van der Waals surface area contributed by atoms with Crippen molar-refractivity contribution < 1.29 is 0 Å². The largest absolute Gasteiger partial charge is 0.137 e. The summed E-state index contributed by atoms with van der Waals surface area (Å²) >= 11 is 8.99. The Morgan fingerprint density at radius 1 is 0.485 bits per heavy atom. The minimum atomic E-state index is 0.217. The highest BCUT2D eigenvalue weighted by molar-refractivity contribution is 9.10. The molecule has 2 unspecified atom stereocenters. The zero-order valence-corrected chi connectivity index (χ0v) is 22.0. The highest BCUT2D eigenvalue weighted by Gasteiger charge is 2.16. The molecule has 0 fully saturated rings. The van der Waals surface area contributed by atoms with Crippen LogP contribution >= 0.6 is 43.6 Å². The van der Waals surface area contributed by atoms with Gasteiger partial charge in [0.05, 0.1) is 0 Å². The third kappa shape index (κ3) is 7.33. The van der Waals surface area contributed by atoms with Gasteiger partial charge >= 0.3 is 0 Å². The molecule has 0 N–H and O–H groups in total. The van der Waals surface area contributed by atoms with Gasteiger partial charge in [0, 0.05) is 19.4 Å². The molecule has 0 saturated carbocycles. The number of rotatable bonds is 8. The van der Waals surface area contributed by atoms with Gasteiger partial charge in [0.2, 0.25) is 0 Å². The summed E-state index contributed by atoms with van der Waals surface area (Å²) in [6.45, 7) is 0. The molecule has 2 atom stereocenters. The SMILES string of the molecule is Brc1ccc(/C=C\C(SC(/C=C\c2ccc(Br)cc2)c2ccccc2)c2ccccc2)cc1. The fourth-order valence-corrected chi connectivity index (χ4v) is 5.27. The molecule has 0 amide bonds. The quantitative estimate of drug-likeness (QED) is 0.201. The van der Waals surface area contributed by atoms with E-state index in [1.165, 1.54) is 22.3 Å². The number of hydrogen-bond donors (Lipinski definition) is 0. The van der Waals surface area contributed by atoms with E-state index in [0.717, 1.165) is 8.95 Å². The fraction of sp³-hybridized carbons (Fsp3) is 0.0667. The van der Waals surface area contributed by atoms with Gasteiger partial charge in [-0.3, -0.25) is 0 Å². The van der Waals surface area contributed by atoms with Gasteiger partial charge in [0.15, 0.2) is 0 Å². The van der Waals surface area contributed by atoms with Crippen molar-refractivity contribution >= 4 is 55.8 Å². The first-order valence-corrected chi connectivity index (χ1v) is 13.3. The van der Waals surface area contributed by atoms with Crippen molar-refractivity contribution in [3.63, 3.8) is 0 Å². The molecule has 0 aliphatic carbocycles. The second kappa shape index (κ2) is 12.2. The molecule has 0 heterocycles. The van der Waals surface area contributed by atoms with E-state index < -0.39 is 0 Å². The number of halogens is 2. The van der Waals surface area contributed by atoms with Crippen molar-refractivity contribution in [2.75, 3.05) is 0 Å². The first-order chi connectivity index (χ1) is 16.2. The van der Waals surface area contributed by atoms with Crippen LogP contribution in [-0.2, 0) is 0 Å². The Hall–Kier alpha value is -2.33. The van der Waals surface area contributed by atoms with Crippen LogP contribution in [0.25, 0.3) is 12.2 Å². The van der Waals surface area contributed by atoms with E-state index in [0.29, 0.717) is 0 Å². The summed E-state index contributed by atoms with van der Waals surface area (Å²) in [6, 6.07) is 38.3. The lowest BCUT2D eigenvalue weighted by Crippen LogP contribution is -1.97. The lowest BCUT2D eigenvalue weighted by molar-refractivity contribution is 1.17. The van der Waals surface area contributed by atoms with Crippen molar-refractivity contribution in [2.24, 2.45) is 0 Å². The topological polar surface area (TPSA) is 0 Å². The molecule has 4 rings (SSSR count). The Morgan fingerprint density at radius 2 is 0.848 bits per heavy atom. The van der Waals surface area contributed by atoms with Gasteiger partial charge < -0.3 is 0 Å². The van der Waals surface area contributed by atoms with Crippen LogP contribution < -0.4 is 0 Å². The van der Waals surface area contributed by atoms with Crippen LogP contribution in [0.2, 0.25) is 0 Å². The van der Waals surface area contributed by atoms with Gasteiger partial charge in [0.1, 0.15) is 0 Å². The Labute approximate surface area is 217 Å². The van der Waals surface area contributed by atoms with Gasteiger partial charge in [-0.25, -0.2) is 0 Å². The van der Waals surface area contributed by atoms with Gasteiger partial charge in [-0.1, -0.05) is 141 Å². The number of thioether (sulfide) groups is 1. The molecule has 4 aromatic carbocycles. The normalized spacial score (nSPS) is 13.4. The molecule has 4 aromatic rings. The molecular weight excluding hydrogens is 552 g/mol. The van der Waals surface area contributed by atoms with Crippen LogP contribution in [0.15, 0.2) is 130 Å². The fourth-order valence-electron chi connectivity index (χ4n) is 3.46. The van der Waals surface area contributed by atoms with Crippen LogP contribution in [-0.4, -0.2) is 0 Å². The average molecular weight is 576 g/mol. The van der Waals surface area contributed by atoms with Gasteiger partial charge in [-0.15, -0.1) is 11.8 Å². The molecule has 0 aliphatic heterocycles. The van der Waals surface area contributed by atoms with Gasteiger partial charge in [-0.2, -0.15) is 0 Å². The Kier molecular flexibility index (Phi) is 8.82. The second-order valence-electron chi connectivity index (χ2n) is 7.62. The summed E-state index contributed by atoms with van der Waals surface area (Å²) in [5, 5.41) is 0.434. The van der Waals surface area contributed by atoms with Crippen molar-refractivity contribution in [3.05, 3.63) is 153 Å². The summed E-state index contributed by atoms with van der Waals surface area (Å²) in [7, 11) is 0. The number of hydrogen-bond acceptors (Lipinski definition) is 1. The molecule has 0 aromatic heterocycles. The van der Waals surface area contributed by atoms with E-state index >= 15 is 0 Å². The standard InChI is InChI=1S/C30H24Br2S/c31-27-17-11-23(12-18-27)15-21-29(25-7-3-1-4-8-25)33-30(26-9-5-2-6-10-26)22-16-24-13-19-28(32)20-14-24/h1-22,29-30H/b21-15-,22-16-. The summed E-state index contributed by atoms with van der Waals surface area (Å²) in [5.74, 6) is 0. The first-order valence-electron chi connectivity index (χ1n) is 10.8. The average Bonchev–Trinajstić information content (AvgIpc) is 2.87. The van der Waals surface area contributed by atoms with E-state index in [1.807, 2.05) is 11.8 Å². The van der Waals surface area contributed by atoms with Crippen LogP contribution in [0.4, 0.5) is 0 Å². The monoisotopic (exact) mass is 574 g/mol. The zero-order valence-electron chi connectivity index (χ0n) is 18.0. The molecular formula is C30H24Br2S. The maximum absolute atomic E-state index is 3.52. The molecule has 164 valence electrons. The maximum Gasteiger partial charge on any atom is 0.0489 e. The minimum absolute atomic E-state index is 0.217. The third-order valence-corrected chi connectivity index (χ3v) is 7.72.